The van der Waals surface area contributed by atoms with Gasteiger partial charge in [0.1, 0.15) is 7.85 Å². The molecule has 3 aromatic rings. The Kier molecular flexibility index (Phi) is 5.34. The lowest BCUT2D eigenvalue weighted by Crippen LogP contribution is -2.22. The van der Waals surface area contributed by atoms with Gasteiger partial charge in [0, 0.05) is 24.4 Å². The molecular formula is C20H19BN2O3. The summed E-state index contributed by atoms with van der Waals surface area (Å²) < 4.78 is 1.62. The smallest absolute Gasteiger partial charge is 0.267 e. The Balaban J connectivity index is 1.77. The van der Waals surface area contributed by atoms with Gasteiger partial charge in [0.25, 0.3) is 11.5 Å². The number of nitrogens with one attached hydrogen (secondary N) is 1. The Morgan fingerprint density at radius 3 is 2.73 bits per heavy atom. The molecule has 1 aromatic heterocycles. The molecule has 0 saturated carbocycles. The molecule has 0 aliphatic rings. The van der Waals surface area contributed by atoms with E-state index >= 15 is 0 Å². The van der Waals surface area contributed by atoms with E-state index in [9.17, 15) is 9.59 Å². The number of rotatable bonds is 5. The highest BCUT2D eigenvalue weighted by atomic mass is 16.5. The van der Waals surface area contributed by atoms with E-state index in [0.717, 1.165) is 18.1 Å². The molecule has 3 rings (SSSR count). The molecule has 0 radical (unpaired) electrons. The summed E-state index contributed by atoms with van der Waals surface area (Å²) in [4.78, 5) is 23.5. The first-order valence-electron chi connectivity index (χ1n) is 8.38. The van der Waals surface area contributed by atoms with Crippen molar-refractivity contribution in [3.8, 4) is 0 Å². The third kappa shape index (κ3) is 4.10. The molecule has 130 valence electrons. The first-order chi connectivity index (χ1) is 12.6. The lowest BCUT2D eigenvalue weighted by Gasteiger charge is -2.08. The monoisotopic (exact) mass is 346 g/mol. The molecule has 1 amide bonds. The zero-order chi connectivity index (χ0) is 18.5. The van der Waals surface area contributed by atoms with Crippen LogP contribution < -0.4 is 16.5 Å². The zero-order valence-electron chi connectivity index (χ0n) is 14.5. The van der Waals surface area contributed by atoms with Crippen LogP contribution in [0.15, 0.2) is 65.6 Å². The van der Waals surface area contributed by atoms with Gasteiger partial charge in [-0.15, -0.1) is 0 Å². The van der Waals surface area contributed by atoms with Crippen LogP contribution in [0.4, 0.5) is 0 Å². The Morgan fingerprint density at radius 1 is 1.15 bits per heavy atom. The van der Waals surface area contributed by atoms with Crippen LogP contribution in [0, 0.1) is 0 Å². The fourth-order valence-electron chi connectivity index (χ4n) is 2.88. The van der Waals surface area contributed by atoms with Gasteiger partial charge >= 0.3 is 0 Å². The van der Waals surface area contributed by atoms with Gasteiger partial charge in [-0.1, -0.05) is 41.9 Å². The van der Waals surface area contributed by atoms with Gasteiger partial charge in [-0.25, -0.2) is 5.48 Å². The SMILES string of the molecule is Bc1ccc2cc(CCn3cccc(/C=C/C(=O)NO)c3=O)ccc2c1. The Labute approximate surface area is 152 Å². The van der Waals surface area contributed by atoms with Crippen LogP contribution in [-0.4, -0.2) is 23.5 Å². The van der Waals surface area contributed by atoms with Crippen molar-refractivity contribution < 1.29 is 10.0 Å². The molecule has 6 heteroatoms. The molecule has 5 nitrogen and oxygen atoms in total. The summed E-state index contributed by atoms with van der Waals surface area (Å²) in [6.45, 7) is 0.546. The van der Waals surface area contributed by atoms with E-state index in [2.05, 4.69) is 44.2 Å². The summed E-state index contributed by atoms with van der Waals surface area (Å²) in [5.41, 5.74) is 4.11. The van der Waals surface area contributed by atoms with Crippen molar-refractivity contribution in [2.45, 2.75) is 13.0 Å². The predicted octanol–water partition coefficient (Wildman–Crippen LogP) is 1.02. The molecule has 26 heavy (non-hydrogen) atoms. The molecule has 0 fully saturated rings. The van der Waals surface area contributed by atoms with Crippen molar-refractivity contribution in [1.29, 1.82) is 0 Å². The van der Waals surface area contributed by atoms with Crippen molar-refractivity contribution in [3.05, 3.63) is 82.3 Å². The van der Waals surface area contributed by atoms with Gasteiger partial charge < -0.3 is 4.57 Å². The largest absolute Gasteiger partial charge is 0.315 e. The number of benzene rings is 2. The Hall–Kier alpha value is -3.12. The fraction of sp³-hybridized carbons (Fsp3) is 0.100. The maximum absolute atomic E-state index is 12.5. The van der Waals surface area contributed by atoms with Gasteiger partial charge in [-0.05, 0) is 41.0 Å². The highest BCUT2D eigenvalue weighted by Crippen LogP contribution is 2.15. The Morgan fingerprint density at radius 2 is 1.92 bits per heavy atom. The number of hydroxylamine groups is 1. The molecule has 0 aliphatic heterocycles. The minimum absolute atomic E-state index is 0.175. The highest BCUT2D eigenvalue weighted by molar-refractivity contribution is 6.33. The van der Waals surface area contributed by atoms with Crippen LogP contribution in [0.2, 0.25) is 0 Å². The first-order valence-corrected chi connectivity index (χ1v) is 8.38. The average Bonchev–Trinajstić information content (AvgIpc) is 2.65. The molecule has 0 unspecified atom stereocenters. The molecule has 0 spiro atoms. The number of amides is 1. The van der Waals surface area contributed by atoms with Gasteiger partial charge in [0.15, 0.2) is 0 Å². The Bertz CT molecular complexity index is 1040. The van der Waals surface area contributed by atoms with E-state index in [1.807, 2.05) is 0 Å². The average molecular weight is 346 g/mol. The van der Waals surface area contributed by atoms with E-state index in [1.165, 1.54) is 27.8 Å². The molecular weight excluding hydrogens is 327 g/mol. The molecule has 0 aliphatic carbocycles. The topological polar surface area (TPSA) is 71.3 Å². The van der Waals surface area contributed by atoms with Crippen molar-refractivity contribution in [2.24, 2.45) is 0 Å². The van der Waals surface area contributed by atoms with Crippen LogP contribution >= 0.6 is 0 Å². The number of carbonyl (C=O) groups is 1. The van der Waals surface area contributed by atoms with Crippen molar-refractivity contribution in [1.82, 2.24) is 10.0 Å². The number of carbonyl (C=O) groups excluding carboxylic acids is 1. The molecule has 1 heterocycles. The predicted molar refractivity (Wildman–Crippen MR) is 105 cm³/mol. The quantitative estimate of drug-likeness (QED) is 0.314. The fourth-order valence-corrected chi connectivity index (χ4v) is 2.88. The number of nitrogens with zero attached hydrogens (tertiary/aromatic N) is 1. The normalized spacial score (nSPS) is 11.1. The number of hydrogen-bond donors (Lipinski definition) is 2. The minimum atomic E-state index is -0.675. The summed E-state index contributed by atoms with van der Waals surface area (Å²) >= 11 is 0. The lowest BCUT2D eigenvalue weighted by molar-refractivity contribution is -0.124. The zero-order valence-corrected chi connectivity index (χ0v) is 14.5. The second-order valence-electron chi connectivity index (χ2n) is 6.21. The van der Waals surface area contributed by atoms with Crippen molar-refractivity contribution in [2.75, 3.05) is 0 Å². The highest BCUT2D eigenvalue weighted by Gasteiger charge is 2.03. The van der Waals surface area contributed by atoms with Gasteiger partial charge in [-0.3, -0.25) is 14.8 Å². The summed E-state index contributed by atoms with van der Waals surface area (Å²) in [6.07, 6.45) is 4.97. The van der Waals surface area contributed by atoms with Crippen molar-refractivity contribution >= 4 is 36.1 Å². The van der Waals surface area contributed by atoms with E-state index in [0.29, 0.717) is 12.1 Å². The van der Waals surface area contributed by atoms with Gasteiger partial charge in [-0.2, -0.15) is 0 Å². The van der Waals surface area contributed by atoms with Crippen LogP contribution in [0.25, 0.3) is 16.8 Å². The lowest BCUT2D eigenvalue weighted by atomic mass is 9.93. The van der Waals surface area contributed by atoms with Gasteiger partial charge in [0.05, 0.1) is 0 Å². The number of aromatic nitrogens is 1. The number of aryl methyl sites for hydroxylation is 2. The summed E-state index contributed by atoms with van der Waals surface area (Å²) in [7, 11) is 2.07. The summed E-state index contributed by atoms with van der Waals surface area (Å²) in [6, 6.07) is 16.1. The van der Waals surface area contributed by atoms with Crippen LogP contribution in [0.3, 0.4) is 0 Å². The number of pyridine rings is 1. The van der Waals surface area contributed by atoms with Crippen molar-refractivity contribution in [3.63, 3.8) is 0 Å². The van der Waals surface area contributed by atoms with Gasteiger partial charge in [0.2, 0.25) is 0 Å². The molecule has 2 N–H and O–H groups in total. The second-order valence-corrected chi connectivity index (χ2v) is 6.21. The maximum Gasteiger partial charge on any atom is 0.267 e. The first kappa shape index (κ1) is 17.7. The van der Waals surface area contributed by atoms with E-state index < -0.39 is 5.91 Å². The third-order valence-corrected chi connectivity index (χ3v) is 4.28. The standard InChI is InChI=1S/C20H19BN2O3/c21-18-7-5-16-12-14(3-4-17(16)13-18)9-11-23-10-1-2-15(20(23)25)6-8-19(24)22-26/h1-8,10,12-13,26H,9,11,21H2,(H,22,24)/b8-6+. The summed E-state index contributed by atoms with van der Waals surface area (Å²) in [5.74, 6) is -0.675. The molecule has 0 saturated heterocycles. The third-order valence-electron chi connectivity index (χ3n) is 4.28. The molecule has 2 aromatic carbocycles. The number of fused-ring (bicyclic) bond motifs is 1. The maximum atomic E-state index is 12.5. The number of hydrogen-bond acceptors (Lipinski definition) is 3. The summed E-state index contributed by atoms with van der Waals surface area (Å²) in [5, 5.41) is 10.9. The van der Waals surface area contributed by atoms with Crippen LogP contribution in [0.5, 0.6) is 0 Å². The molecule has 0 bridgehead atoms. The van der Waals surface area contributed by atoms with Crippen LogP contribution in [-0.2, 0) is 17.8 Å². The van der Waals surface area contributed by atoms with E-state index in [-0.39, 0.29) is 5.56 Å². The molecule has 0 atom stereocenters. The van der Waals surface area contributed by atoms with E-state index in [4.69, 9.17) is 5.21 Å². The van der Waals surface area contributed by atoms with E-state index in [1.54, 1.807) is 22.9 Å². The van der Waals surface area contributed by atoms with Crippen LogP contribution in [0.1, 0.15) is 11.1 Å². The second kappa shape index (κ2) is 7.84. The minimum Gasteiger partial charge on any atom is -0.315 e.